The first kappa shape index (κ1) is 16.2. The Morgan fingerprint density at radius 3 is 2.62 bits per heavy atom. The maximum atomic E-state index is 11.9. The molecule has 0 bridgehead atoms. The summed E-state index contributed by atoms with van der Waals surface area (Å²) < 4.78 is 9.78. The normalized spacial score (nSPS) is 11.5. The van der Waals surface area contributed by atoms with Gasteiger partial charge in [-0.3, -0.25) is 0 Å². The van der Waals surface area contributed by atoms with Crippen LogP contribution in [0.2, 0.25) is 0 Å². The zero-order valence-electron chi connectivity index (χ0n) is 13.7. The lowest BCUT2D eigenvalue weighted by Crippen LogP contribution is -2.02. The first-order valence-corrected chi connectivity index (χ1v) is 8.22. The Labute approximate surface area is 144 Å². The SMILES string of the molecule is COC=C(C(=O)OC)c1cnc(-c2ccc3cc(C)ccc3c2)s1. The lowest BCUT2D eigenvalue weighted by Gasteiger charge is -2.03. The van der Waals surface area contributed by atoms with Crippen LogP contribution in [-0.4, -0.2) is 25.2 Å². The van der Waals surface area contributed by atoms with Gasteiger partial charge in [0.2, 0.25) is 0 Å². The number of fused-ring (bicyclic) bond motifs is 1. The lowest BCUT2D eigenvalue weighted by molar-refractivity contribution is -0.133. The highest BCUT2D eigenvalue weighted by Crippen LogP contribution is 2.31. The van der Waals surface area contributed by atoms with E-state index in [2.05, 4.69) is 42.2 Å². The smallest absolute Gasteiger partial charge is 0.342 e. The van der Waals surface area contributed by atoms with Gasteiger partial charge in [-0.15, -0.1) is 11.3 Å². The minimum atomic E-state index is -0.443. The lowest BCUT2D eigenvalue weighted by atomic mass is 10.1. The average Bonchev–Trinajstić information content (AvgIpc) is 3.08. The summed E-state index contributed by atoms with van der Waals surface area (Å²) in [5.41, 5.74) is 2.61. The molecule has 0 fully saturated rings. The Balaban J connectivity index is 1.99. The van der Waals surface area contributed by atoms with E-state index in [0.29, 0.717) is 10.5 Å². The second-order valence-electron chi connectivity index (χ2n) is 5.35. The molecule has 0 unspecified atom stereocenters. The number of rotatable bonds is 4. The Morgan fingerprint density at radius 1 is 1.12 bits per heavy atom. The van der Waals surface area contributed by atoms with Gasteiger partial charge in [0.25, 0.3) is 0 Å². The Hall–Kier alpha value is -2.66. The van der Waals surface area contributed by atoms with Gasteiger partial charge in [-0.1, -0.05) is 35.9 Å². The number of carbonyl (C=O) groups excluding carboxylic acids is 1. The molecule has 4 nitrogen and oxygen atoms in total. The number of ether oxygens (including phenoxy) is 2. The van der Waals surface area contributed by atoms with Gasteiger partial charge in [0.1, 0.15) is 10.6 Å². The van der Waals surface area contributed by atoms with Crippen LogP contribution in [0.25, 0.3) is 26.9 Å². The van der Waals surface area contributed by atoms with Crippen LogP contribution in [0.3, 0.4) is 0 Å². The number of hydrogen-bond acceptors (Lipinski definition) is 5. The Kier molecular flexibility index (Phi) is 4.62. The number of aryl methyl sites for hydroxylation is 1. The molecule has 0 spiro atoms. The Morgan fingerprint density at radius 2 is 1.88 bits per heavy atom. The molecule has 0 aliphatic heterocycles. The molecule has 0 radical (unpaired) electrons. The van der Waals surface area contributed by atoms with Crippen molar-refractivity contribution in [2.24, 2.45) is 0 Å². The van der Waals surface area contributed by atoms with E-state index in [1.807, 2.05) is 6.07 Å². The average molecular weight is 339 g/mol. The van der Waals surface area contributed by atoms with Crippen LogP contribution in [0.1, 0.15) is 10.4 Å². The van der Waals surface area contributed by atoms with Gasteiger partial charge in [-0.25, -0.2) is 9.78 Å². The van der Waals surface area contributed by atoms with Gasteiger partial charge >= 0.3 is 5.97 Å². The maximum Gasteiger partial charge on any atom is 0.342 e. The van der Waals surface area contributed by atoms with Crippen molar-refractivity contribution in [3.8, 4) is 10.6 Å². The summed E-state index contributed by atoms with van der Waals surface area (Å²) in [5.74, 6) is -0.443. The highest BCUT2D eigenvalue weighted by atomic mass is 32.1. The third-order valence-corrected chi connectivity index (χ3v) is 4.73. The topological polar surface area (TPSA) is 48.4 Å². The number of methoxy groups -OCH3 is 2. The van der Waals surface area contributed by atoms with Gasteiger partial charge in [-0.2, -0.15) is 0 Å². The number of nitrogens with zero attached hydrogens (tertiary/aromatic N) is 1. The number of carbonyl (C=O) groups is 1. The second-order valence-corrected chi connectivity index (χ2v) is 6.38. The van der Waals surface area contributed by atoms with Gasteiger partial charge in [-0.05, 0) is 23.8 Å². The van der Waals surface area contributed by atoms with Gasteiger partial charge in [0.15, 0.2) is 0 Å². The number of benzene rings is 2. The highest BCUT2D eigenvalue weighted by Gasteiger charge is 2.17. The van der Waals surface area contributed by atoms with Crippen molar-refractivity contribution in [3.05, 3.63) is 59.3 Å². The summed E-state index contributed by atoms with van der Waals surface area (Å²) in [5, 5.41) is 3.21. The van der Waals surface area contributed by atoms with Crippen LogP contribution >= 0.6 is 11.3 Å². The molecular formula is C19H17NO3S. The van der Waals surface area contributed by atoms with Gasteiger partial charge < -0.3 is 9.47 Å². The van der Waals surface area contributed by atoms with Crippen LogP contribution in [0.5, 0.6) is 0 Å². The maximum absolute atomic E-state index is 11.9. The van der Waals surface area contributed by atoms with Crippen molar-refractivity contribution in [1.82, 2.24) is 4.98 Å². The summed E-state index contributed by atoms with van der Waals surface area (Å²) in [7, 11) is 2.84. The molecule has 0 saturated heterocycles. The first-order chi connectivity index (χ1) is 11.6. The molecule has 2 aromatic carbocycles. The molecule has 0 aliphatic carbocycles. The number of aromatic nitrogens is 1. The minimum Gasteiger partial charge on any atom is -0.503 e. The van der Waals surface area contributed by atoms with Crippen molar-refractivity contribution in [1.29, 1.82) is 0 Å². The molecule has 0 saturated carbocycles. The molecule has 0 N–H and O–H groups in total. The van der Waals surface area contributed by atoms with Crippen LogP contribution in [0, 0.1) is 6.92 Å². The number of hydrogen-bond donors (Lipinski definition) is 0. The predicted molar refractivity (Wildman–Crippen MR) is 96.8 cm³/mol. The largest absolute Gasteiger partial charge is 0.503 e. The standard InChI is InChI=1S/C19H17NO3S/c1-12-4-5-14-9-15(7-6-13(14)8-12)18-20-10-17(24-18)16(11-22-2)19(21)23-3/h4-11H,1-3H3. The van der Waals surface area contributed by atoms with Crippen LogP contribution < -0.4 is 0 Å². The number of thiazole rings is 1. The molecular weight excluding hydrogens is 322 g/mol. The van der Waals surface area contributed by atoms with Crippen LogP contribution in [-0.2, 0) is 14.3 Å². The fourth-order valence-electron chi connectivity index (χ4n) is 2.46. The highest BCUT2D eigenvalue weighted by molar-refractivity contribution is 7.16. The van der Waals surface area contributed by atoms with Crippen molar-refractivity contribution in [2.75, 3.05) is 14.2 Å². The van der Waals surface area contributed by atoms with E-state index in [4.69, 9.17) is 9.47 Å². The Bertz CT molecular complexity index is 927. The summed E-state index contributed by atoms with van der Waals surface area (Å²) >= 11 is 1.43. The monoisotopic (exact) mass is 339 g/mol. The summed E-state index contributed by atoms with van der Waals surface area (Å²) in [6.07, 6.45) is 3.05. The molecule has 24 heavy (non-hydrogen) atoms. The van der Waals surface area contributed by atoms with E-state index < -0.39 is 5.97 Å². The zero-order valence-corrected chi connectivity index (χ0v) is 14.5. The summed E-state index contributed by atoms with van der Waals surface area (Å²) in [6.45, 7) is 2.08. The molecule has 0 amide bonds. The molecule has 122 valence electrons. The van der Waals surface area contributed by atoms with Crippen molar-refractivity contribution >= 4 is 33.7 Å². The molecule has 5 heteroatoms. The van der Waals surface area contributed by atoms with Crippen molar-refractivity contribution in [2.45, 2.75) is 6.92 Å². The fraction of sp³-hybridized carbons (Fsp3) is 0.158. The van der Waals surface area contributed by atoms with E-state index in [-0.39, 0.29) is 0 Å². The van der Waals surface area contributed by atoms with E-state index in [0.717, 1.165) is 16.0 Å². The number of esters is 1. The second kappa shape index (κ2) is 6.84. The quantitative estimate of drug-likeness (QED) is 0.401. The van der Waals surface area contributed by atoms with Crippen LogP contribution in [0.15, 0.2) is 48.9 Å². The van der Waals surface area contributed by atoms with Crippen molar-refractivity contribution < 1.29 is 14.3 Å². The molecule has 3 rings (SSSR count). The zero-order chi connectivity index (χ0) is 17.1. The third-order valence-electron chi connectivity index (χ3n) is 3.65. The van der Waals surface area contributed by atoms with E-state index in [1.165, 1.54) is 42.8 Å². The fourth-order valence-corrected chi connectivity index (χ4v) is 3.37. The molecule has 1 aromatic heterocycles. The summed E-state index contributed by atoms with van der Waals surface area (Å²) in [6, 6.07) is 12.6. The van der Waals surface area contributed by atoms with E-state index in [1.54, 1.807) is 6.20 Å². The molecule has 3 aromatic rings. The van der Waals surface area contributed by atoms with Crippen LogP contribution in [0.4, 0.5) is 0 Å². The van der Waals surface area contributed by atoms with Crippen molar-refractivity contribution in [3.63, 3.8) is 0 Å². The summed E-state index contributed by atoms with van der Waals surface area (Å²) in [4.78, 5) is 17.0. The van der Waals surface area contributed by atoms with Gasteiger partial charge in [0, 0.05) is 11.8 Å². The predicted octanol–water partition coefficient (Wildman–Crippen LogP) is 4.43. The third kappa shape index (κ3) is 3.16. The molecule has 0 aliphatic rings. The van der Waals surface area contributed by atoms with E-state index >= 15 is 0 Å². The van der Waals surface area contributed by atoms with E-state index in [9.17, 15) is 4.79 Å². The van der Waals surface area contributed by atoms with Gasteiger partial charge in [0.05, 0.1) is 25.4 Å². The minimum absolute atomic E-state index is 0.361. The first-order valence-electron chi connectivity index (χ1n) is 7.40. The molecule has 1 heterocycles. The molecule has 0 atom stereocenters.